The van der Waals surface area contributed by atoms with Gasteiger partial charge < -0.3 is 0 Å². The first-order chi connectivity index (χ1) is 11.8. The second-order valence-corrected chi connectivity index (χ2v) is 5.13. The van der Waals surface area contributed by atoms with Crippen molar-refractivity contribution in [2.45, 2.75) is 68.2 Å². The van der Waals surface area contributed by atoms with Gasteiger partial charge in [0.05, 0.1) is 0 Å². The number of hydrogen-bond donors (Lipinski definition) is 0. The maximum absolute atomic E-state index is 2.33. The number of fused-ring (bicyclic) bond motifs is 2. The monoisotopic (exact) mass is 324 g/mol. The van der Waals surface area contributed by atoms with E-state index in [-0.39, 0.29) is 0 Å². The molecule has 0 unspecified atom stereocenters. The van der Waals surface area contributed by atoms with Gasteiger partial charge in [0.2, 0.25) is 0 Å². The van der Waals surface area contributed by atoms with Gasteiger partial charge in [0, 0.05) is 0 Å². The molecule has 0 saturated heterocycles. The van der Waals surface area contributed by atoms with E-state index in [1.165, 1.54) is 45.5 Å². The molecule has 0 saturated carbocycles. The molecule has 24 heavy (non-hydrogen) atoms. The Labute approximate surface area is 149 Å². The molecule has 3 rings (SSSR count). The zero-order valence-electron chi connectivity index (χ0n) is 17.0. The van der Waals surface area contributed by atoms with Crippen molar-refractivity contribution in [1.29, 1.82) is 0 Å². The number of rotatable bonds is 2. The maximum atomic E-state index is 2.33. The van der Waals surface area contributed by atoms with Crippen LogP contribution in [0.25, 0.3) is 21.5 Å². The van der Waals surface area contributed by atoms with Crippen LogP contribution in [-0.2, 0) is 6.42 Å². The Morgan fingerprint density at radius 2 is 1.08 bits per heavy atom. The Bertz CT molecular complexity index is 708. The number of hydrogen-bond acceptors (Lipinski definition) is 0. The van der Waals surface area contributed by atoms with E-state index in [1.807, 2.05) is 41.5 Å². The molecular weight excluding hydrogens is 288 g/mol. The van der Waals surface area contributed by atoms with Crippen LogP contribution < -0.4 is 0 Å². The lowest BCUT2D eigenvalue weighted by Gasteiger charge is -2.06. The Balaban J connectivity index is 0.000000798. The van der Waals surface area contributed by atoms with Gasteiger partial charge in [-0.05, 0) is 52.6 Å². The predicted octanol–water partition coefficient (Wildman–Crippen LogP) is 8.33. The molecule has 0 heteroatoms. The molecule has 0 nitrogen and oxygen atoms in total. The molecular formula is C24H36. The molecule has 0 N–H and O–H groups in total. The quantitative estimate of drug-likeness (QED) is 0.415. The van der Waals surface area contributed by atoms with Crippen molar-refractivity contribution in [3.05, 3.63) is 59.7 Å². The molecule has 132 valence electrons. The molecule has 3 aromatic rings. The molecule has 0 aliphatic rings. The molecule has 0 fully saturated rings. The summed E-state index contributed by atoms with van der Waals surface area (Å²) in [7, 11) is 0. The molecule has 3 aromatic carbocycles. The summed E-state index contributed by atoms with van der Waals surface area (Å²) in [5, 5.41) is 5.37. The first-order valence-corrected chi connectivity index (χ1v) is 9.69. The van der Waals surface area contributed by atoms with E-state index in [4.69, 9.17) is 0 Å². The van der Waals surface area contributed by atoms with E-state index in [1.54, 1.807) is 0 Å². The Hall–Kier alpha value is -1.82. The van der Waals surface area contributed by atoms with Crippen LogP contribution >= 0.6 is 0 Å². The van der Waals surface area contributed by atoms with Gasteiger partial charge in [-0.3, -0.25) is 0 Å². The fraction of sp³-hybridized carbons (Fsp3) is 0.417. The van der Waals surface area contributed by atoms with Gasteiger partial charge in [-0.15, -0.1) is 0 Å². The van der Waals surface area contributed by atoms with Crippen molar-refractivity contribution >= 4 is 21.5 Å². The second kappa shape index (κ2) is 12.6. The smallest absolute Gasteiger partial charge is 0.0175 e. The van der Waals surface area contributed by atoms with Crippen LogP contribution in [0.2, 0.25) is 0 Å². The lowest BCUT2D eigenvalue weighted by molar-refractivity contribution is 0.924. The van der Waals surface area contributed by atoms with Crippen molar-refractivity contribution in [3.8, 4) is 0 Å². The van der Waals surface area contributed by atoms with Crippen LogP contribution in [0, 0.1) is 6.92 Å². The minimum absolute atomic E-state index is 1.17. The van der Waals surface area contributed by atoms with Crippen molar-refractivity contribution in [3.63, 3.8) is 0 Å². The summed E-state index contributed by atoms with van der Waals surface area (Å²) in [6.45, 7) is 16.4. The SMILES string of the molecule is CC.CC.CC.CCCc1ccc2cc3cc(C)ccc3cc2c1. The highest BCUT2D eigenvalue weighted by atomic mass is 14.0. The molecule has 0 atom stereocenters. The third-order valence-corrected chi connectivity index (χ3v) is 3.55. The first-order valence-electron chi connectivity index (χ1n) is 9.69. The van der Waals surface area contributed by atoms with E-state index in [9.17, 15) is 0 Å². The third kappa shape index (κ3) is 6.00. The average Bonchev–Trinajstić information content (AvgIpc) is 2.65. The Kier molecular flexibility index (Phi) is 11.6. The van der Waals surface area contributed by atoms with Gasteiger partial charge in [0.25, 0.3) is 0 Å². The molecule has 0 bridgehead atoms. The molecule has 0 radical (unpaired) electrons. The Morgan fingerprint density at radius 3 is 1.62 bits per heavy atom. The van der Waals surface area contributed by atoms with Crippen LogP contribution in [0.3, 0.4) is 0 Å². The second-order valence-electron chi connectivity index (χ2n) is 5.13. The Morgan fingerprint density at radius 1 is 0.583 bits per heavy atom. The summed E-state index contributed by atoms with van der Waals surface area (Å²) in [4.78, 5) is 0. The third-order valence-electron chi connectivity index (χ3n) is 3.55. The zero-order valence-corrected chi connectivity index (χ0v) is 17.0. The fourth-order valence-corrected chi connectivity index (χ4v) is 2.61. The maximum Gasteiger partial charge on any atom is -0.0175 e. The van der Waals surface area contributed by atoms with Gasteiger partial charge in [0.1, 0.15) is 0 Å². The first kappa shape index (κ1) is 22.2. The van der Waals surface area contributed by atoms with Crippen LogP contribution in [0.5, 0.6) is 0 Å². The van der Waals surface area contributed by atoms with Gasteiger partial charge in [-0.1, -0.05) is 96.8 Å². The summed E-state index contributed by atoms with van der Waals surface area (Å²) >= 11 is 0. The average molecular weight is 325 g/mol. The summed E-state index contributed by atoms with van der Waals surface area (Å²) in [6, 6.07) is 18.1. The van der Waals surface area contributed by atoms with Crippen molar-refractivity contribution in [2.75, 3.05) is 0 Å². The van der Waals surface area contributed by atoms with Gasteiger partial charge in [0.15, 0.2) is 0 Å². The lowest BCUT2D eigenvalue weighted by atomic mass is 9.99. The summed E-state index contributed by atoms with van der Waals surface area (Å²) in [5.41, 5.74) is 2.76. The molecule has 0 amide bonds. The van der Waals surface area contributed by atoms with E-state index in [2.05, 4.69) is 62.4 Å². The highest BCUT2D eigenvalue weighted by Crippen LogP contribution is 2.25. The number of aryl methyl sites for hydroxylation is 2. The van der Waals surface area contributed by atoms with E-state index < -0.39 is 0 Å². The standard InChI is InChI=1S/C18H18.3C2H6/c1-3-4-14-6-8-16-11-17-9-13(2)5-7-15(17)12-18(16)10-14;3*1-2/h5-12H,3-4H2,1-2H3;3*1-2H3. The van der Waals surface area contributed by atoms with E-state index >= 15 is 0 Å². The summed E-state index contributed by atoms with van der Waals surface area (Å²) in [5.74, 6) is 0. The topological polar surface area (TPSA) is 0 Å². The molecule has 0 heterocycles. The van der Waals surface area contributed by atoms with Gasteiger partial charge in [-0.25, -0.2) is 0 Å². The van der Waals surface area contributed by atoms with Crippen molar-refractivity contribution in [2.24, 2.45) is 0 Å². The zero-order chi connectivity index (χ0) is 18.5. The largest absolute Gasteiger partial charge is 0.0683 e. The highest BCUT2D eigenvalue weighted by molar-refractivity contribution is 5.98. The molecule has 0 spiro atoms. The van der Waals surface area contributed by atoms with Crippen molar-refractivity contribution < 1.29 is 0 Å². The highest BCUT2D eigenvalue weighted by Gasteiger charge is 2.00. The van der Waals surface area contributed by atoms with Crippen LogP contribution in [0.1, 0.15) is 66.0 Å². The molecule has 0 aliphatic heterocycles. The molecule has 0 aromatic heterocycles. The van der Waals surface area contributed by atoms with Gasteiger partial charge >= 0.3 is 0 Å². The fourth-order valence-electron chi connectivity index (χ4n) is 2.61. The lowest BCUT2D eigenvalue weighted by Crippen LogP contribution is -1.84. The van der Waals surface area contributed by atoms with Crippen LogP contribution in [-0.4, -0.2) is 0 Å². The summed E-state index contributed by atoms with van der Waals surface area (Å²) < 4.78 is 0. The summed E-state index contributed by atoms with van der Waals surface area (Å²) in [6.07, 6.45) is 2.38. The minimum atomic E-state index is 1.17. The normalized spacial score (nSPS) is 9.17. The van der Waals surface area contributed by atoms with Crippen LogP contribution in [0.15, 0.2) is 48.5 Å². The minimum Gasteiger partial charge on any atom is -0.0683 e. The van der Waals surface area contributed by atoms with E-state index in [0.29, 0.717) is 0 Å². The van der Waals surface area contributed by atoms with Crippen LogP contribution in [0.4, 0.5) is 0 Å². The van der Waals surface area contributed by atoms with Gasteiger partial charge in [-0.2, -0.15) is 0 Å². The number of benzene rings is 3. The van der Waals surface area contributed by atoms with Crippen molar-refractivity contribution in [1.82, 2.24) is 0 Å². The van der Waals surface area contributed by atoms with E-state index in [0.717, 1.165) is 0 Å². The predicted molar refractivity (Wildman–Crippen MR) is 114 cm³/mol. The molecule has 0 aliphatic carbocycles.